The Morgan fingerprint density at radius 1 is 1.50 bits per heavy atom. The second kappa shape index (κ2) is 3.00. The molecule has 0 spiro atoms. The minimum atomic E-state index is -0.248. The van der Waals surface area contributed by atoms with Gasteiger partial charge in [-0.1, -0.05) is 0 Å². The lowest BCUT2D eigenvalue weighted by molar-refractivity contribution is 0.117. The van der Waals surface area contributed by atoms with Crippen LogP contribution in [-0.4, -0.2) is 34.7 Å². The second-order valence-corrected chi connectivity index (χ2v) is 4.50. The Bertz CT molecular complexity index is 165. The molecule has 1 unspecified atom stereocenters. The summed E-state index contributed by atoms with van der Waals surface area (Å²) < 4.78 is 0. The molecular weight excluding hydrogens is 150 g/mol. The monoisotopic (exact) mass is 169 g/mol. The highest BCUT2D eigenvalue weighted by molar-refractivity contribution is 4.94. The molecule has 12 heavy (non-hydrogen) atoms. The van der Waals surface area contributed by atoms with E-state index in [0.717, 1.165) is 31.8 Å². The summed E-state index contributed by atoms with van der Waals surface area (Å²) in [5.74, 6) is 0. The first-order valence-electron chi connectivity index (χ1n) is 5.16. The molecule has 1 saturated heterocycles. The number of aliphatic hydroxyl groups is 1. The van der Waals surface area contributed by atoms with Crippen LogP contribution in [0.5, 0.6) is 0 Å². The third kappa shape index (κ3) is 1.80. The molecule has 0 aromatic carbocycles. The van der Waals surface area contributed by atoms with Gasteiger partial charge >= 0.3 is 0 Å². The van der Waals surface area contributed by atoms with E-state index in [1.165, 1.54) is 19.4 Å². The van der Waals surface area contributed by atoms with Gasteiger partial charge in [-0.2, -0.15) is 0 Å². The number of nitrogens with zero attached hydrogens (tertiary/aromatic N) is 1. The Labute approximate surface area is 74.6 Å². The summed E-state index contributed by atoms with van der Waals surface area (Å²) in [5, 5.41) is 9.65. The van der Waals surface area contributed by atoms with Gasteiger partial charge in [0.15, 0.2) is 0 Å². The first kappa shape index (κ1) is 8.52. The maximum absolute atomic E-state index is 9.65. The molecule has 2 nitrogen and oxygen atoms in total. The first-order chi connectivity index (χ1) is 5.70. The van der Waals surface area contributed by atoms with Gasteiger partial charge in [0.2, 0.25) is 0 Å². The summed E-state index contributed by atoms with van der Waals surface area (Å²) in [6.07, 6.45) is 5.76. The van der Waals surface area contributed by atoms with E-state index in [1.807, 2.05) is 0 Å². The third-order valence-electron chi connectivity index (χ3n) is 3.38. The van der Waals surface area contributed by atoms with Crippen molar-refractivity contribution in [1.82, 2.24) is 4.90 Å². The quantitative estimate of drug-likeness (QED) is 0.690. The van der Waals surface area contributed by atoms with Gasteiger partial charge in [0, 0.05) is 12.6 Å². The number of likely N-dealkylation sites (tertiary alicyclic amines) is 1. The molecule has 0 bridgehead atoms. The maximum Gasteiger partial charge on any atom is 0.0662 e. The van der Waals surface area contributed by atoms with Crippen molar-refractivity contribution in [2.75, 3.05) is 13.1 Å². The maximum atomic E-state index is 9.65. The van der Waals surface area contributed by atoms with Crippen LogP contribution in [0.4, 0.5) is 0 Å². The van der Waals surface area contributed by atoms with Gasteiger partial charge in [-0.05, 0) is 45.6 Å². The van der Waals surface area contributed by atoms with Crippen molar-refractivity contribution in [1.29, 1.82) is 0 Å². The van der Waals surface area contributed by atoms with Crippen LogP contribution in [0.3, 0.4) is 0 Å². The van der Waals surface area contributed by atoms with Crippen LogP contribution in [0.15, 0.2) is 0 Å². The fraction of sp³-hybridized carbons (Fsp3) is 1.00. The van der Waals surface area contributed by atoms with Gasteiger partial charge in [0.1, 0.15) is 0 Å². The predicted octanol–water partition coefficient (Wildman–Crippen LogP) is 1.39. The van der Waals surface area contributed by atoms with Crippen LogP contribution < -0.4 is 0 Å². The van der Waals surface area contributed by atoms with Crippen LogP contribution in [0.1, 0.15) is 39.0 Å². The van der Waals surface area contributed by atoms with Crippen molar-refractivity contribution < 1.29 is 5.11 Å². The Balaban J connectivity index is 1.72. The molecule has 2 aliphatic rings. The zero-order valence-electron chi connectivity index (χ0n) is 7.92. The zero-order valence-corrected chi connectivity index (χ0v) is 7.92. The molecule has 0 radical (unpaired) electrons. The number of hydrogen-bond acceptors (Lipinski definition) is 2. The van der Waals surface area contributed by atoms with Gasteiger partial charge in [-0.25, -0.2) is 0 Å². The molecule has 0 amide bonds. The van der Waals surface area contributed by atoms with Crippen LogP contribution in [0, 0.1) is 0 Å². The van der Waals surface area contributed by atoms with E-state index in [9.17, 15) is 5.11 Å². The molecule has 1 atom stereocenters. The van der Waals surface area contributed by atoms with Gasteiger partial charge in [-0.3, -0.25) is 0 Å². The third-order valence-corrected chi connectivity index (χ3v) is 3.38. The van der Waals surface area contributed by atoms with Crippen LogP contribution in [0.25, 0.3) is 0 Å². The number of hydrogen-bond donors (Lipinski definition) is 1. The van der Waals surface area contributed by atoms with Gasteiger partial charge in [0.25, 0.3) is 0 Å². The Kier molecular flexibility index (Phi) is 2.13. The molecular formula is C10H19NO. The molecule has 70 valence electrons. The normalized spacial score (nSPS) is 34.0. The fourth-order valence-corrected chi connectivity index (χ4v) is 2.07. The summed E-state index contributed by atoms with van der Waals surface area (Å²) in [4.78, 5) is 2.51. The largest absolute Gasteiger partial charge is 0.390 e. The summed E-state index contributed by atoms with van der Waals surface area (Å²) in [5.41, 5.74) is -0.248. The van der Waals surface area contributed by atoms with Crippen LogP contribution in [0.2, 0.25) is 0 Å². The lowest BCUT2D eigenvalue weighted by Gasteiger charge is -2.22. The first-order valence-corrected chi connectivity index (χ1v) is 5.16. The topological polar surface area (TPSA) is 23.5 Å². The number of rotatable bonds is 3. The molecule has 2 rings (SSSR count). The molecule has 1 aliphatic heterocycles. The molecule has 0 aromatic rings. The van der Waals surface area contributed by atoms with Gasteiger partial charge in [0.05, 0.1) is 5.60 Å². The highest BCUT2D eigenvalue weighted by Gasteiger charge is 2.40. The molecule has 0 aromatic heterocycles. The van der Waals surface area contributed by atoms with E-state index >= 15 is 0 Å². The predicted molar refractivity (Wildman–Crippen MR) is 49.1 cm³/mol. The molecule has 2 fully saturated rings. The van der Waals surface area contributed by atoms with E-state index < -0.39 is 0 Å². The summed E-state index contributed by atoms with van der Waals surface area (Å²) >= 11 is 0. The highest BCUT2D eigenvalue weighted by Crippen LogP contribution is 2.38. The van der Waals surface area contributed by atoms with E-state index in [-0.39, 0.29) is 5.60 Å². The summed E-state index contributed by atoms with van der Waals surface area (Å²) in [6, 6.07) is 0.757. The highest BCUT2D eigenvalue weighted by atomic mass is 16.3. The second-order valence-electron chi connectivity index (χ2n) is 4.50. The van der Waals surface area contributed by atoms with Crippen molar-refractivity contribution in [3.63, 3.8) is 0 Å². The lowest BCUT2D eigenvalue weighted by atomic mass is 10.2. The standard InChI is InChI=1S/C10H19NO/c1-9-3-2-7-11(9)8-6-10(12)4-5-10/h9,12H,2-8H2,1H3. The van der Waals surface area contributed by atoms with E-state index in [4.69, 9.17) is 0 Å². The SMILES string of the molecule is CC1CCCN1CCC1(O)CC1. The Morgan fingerprint density at radius 2 is 2.25 bits per heavy atom. The molecule has 1 saturated carbocycles. The Hall–Kier alpha value is -0.0800. The fourth-order valence-electron chi connectivity index (χ4n) is 2.07. The van der Waals surface area contributed by atoms with Gasteiger partial charge in [-0.15, -0.1) is 0 Å². The average Bonchev–Trinajstić information content (AvgIpc) is 2.61. The van der Waals surface area contributed by atoms with Crippen molar-refractivity contribution in [3.8, 4) is 0 Å². The molecule has 2 heteroatoms. The van der Waals surface area contributed by atoms with Crippen molar-refractivity contribution in [3.05, 3.63) is 0 Å². The van der Waals surface area contributed by atoms with Crippen molar-refractivity contribution in [2.45, 2.75) is 50.7 Å². The Morgan fingerprint density at radius 3 is 2.75 bits per heavy atom. The van der Waals surface area contributed by atoms with E-state index in [2.05, 4.69) is 11.8 Å². The zero-order chi connectivity index (χ0) is 8.60. The molecule has 1 aliphatic carbocycles. The van der Waals surface area contributed by atoms with E-state index in [0.29, 0.717) is 0 Å². The minimum Gasteiger partial charge on any atom is -0.390 e. The van der Waals surface area contributed by atoms with E-state index in [1.54, 1.807) is 0 Å². The van der Waals surface area contributed by atoms with Crippen LogP contribution >= 0.6 is 0 Å². The smallest absolute Gasteiger partial charge is 0.0662 e. The lowest BCUT2D eigenvalue weighted by Crippen LogP contribution is -2.30. The molecule has 1 heterocycles. The van der Waals surface area contributed by atoms with Crippen molar-refractivity contribution in [2.24, 2.45) is 0 Å². The van der Waals surface area contributed by atoms with Crippen molar-refractivity contribution >= 4 is 0 Å². The average molecular weight is 169 g/mol. The van der Waals surface area contributed by atoms with Gasteiger partial charge < -0.3 is 10.0 Å². The summed E-state index contributed by atoms with van der Waals surface area (Å²) in [7, 11) is 0. The summed E-state index contributed by atoms with van der Waals surface area (Å²) in [6.45, 7) is 4.65. The van der Waals surface area contributed by atoms with Crippen LogP contribution in [-0.2, 0) is 0 Å². The minimum absolute atomic E-state index is 0.248. The molecule has 1 N–H and O–H groups in total.